The number of alkyl halides is 1. The molecule has 0 spiro atoms. The van der Waals surface area contributed by atoms with Crippen molar-refractivity contribution < 1.29 is 0 Å². The lowest BCUT2D eigenvalue weighted by Crippen LogP contribution is -1.76. The van der Waals surface area contributed by atoms with E-state index in [-0.39, 0.29) is 0 Å². The van der Waals surface area contributed by atoms with E-state index in [9.17, 15) is 0 Å². The van der Waals surface area contributed by atoms with Crippen LogP contribution in [0.5, 0.6) is 0 Å². The Hall–Kier alpha value is -0.150. The Morgan fingerprint density at radius 2 is 2.14 bits per heavy atom. The topological polar surface area (TPSA) is 0 Å². The normalized spacial score (nSPS) is 8.00. The fraction of sp³-hybridized carbons (Fsp3) is 0.667. The second kappa shape index (κ2) is 4.02. The lowest BCUT2D eigenvalue weighted by Gasteiger charge is -1.83. The van der Waals surface area contributed by atoms with E-state index in [0.29, 0.717) is 11.8 Å². The number of hydrogen-bond donors (Lipinski definition) is 0. The summed E-state index contributed by atoms with van der Waals surface area (Å²) in [7, 11) is 0. The van der Waals surface area contributed by atoms with Crippen molar-refractivity contribution in [1.82, 2.24) is 0 Å². The predicted molar refractivity (Wildman–Crippen MR) is 33.3 cm³/mol. The Balaban J connectivity index is 3.24. The second-order valence-corrected chi connectivity index (χ2v) is 1.88. The highest BCUT2D eigenvalue weighted by molar-refractivity contribution is 6.19. The van der Waals surface area contributed by atoms with Crippen LogP contribution < -0.4 is 0 Å². The first-order valence-corrected chi connectivity index (χ1v) is 2.85. The number of hydrogen-bond acceptors (Lipinski definition) is 0. The largest absolute Gasteiger partial charge is 0.113 e. The quantitative estimate of drug-likeness (QED) is 0.335. The van der Waals surface area contributed by atoms with Gasteiger partial charge in [-0.2, -0.15) is 0 Å². The Bertz CT molecular complexity index is 84.1. The van der Waals surface area contributed by atoms with E-state index in [1.165, 1.54) is 0 Å². The van der Waals surface area contributed by atoms with Crippen molar-refractivity contribution in [2.45, 2.75) is 13.8 Å². The van der Waals surface area contributed by atoms with Crippen molar-refractivity contribution in [2.75, 3.05) is 5.88 Å². The van der Waals surface area contributed by atoms with Gasteiger partial charge < -0.3 is 0 Å². The van der Waals surface area contributed by atoms with Gasteiger partial charge >= 0.3 is 0 Å². The number of rotatable bonds is 0. The van der Waals surface area contributed by atoms with Crippen LogP contribution in [-0.2, 0) is 0 Å². The third kappa shape index (κ3) is 5.85. The monoisotopic (exact) mass is 116 g/mol. The van der Waals surface area contributed by atoms with Crippen molar-refractivity contribution in [2.24, 2.45) is 5.92 Å². The summed E-state index contributed by atoms with van der Waals surface area (Å²) in [6.45, 7) is 4.08. The molecule has 0 saturated carbocycles. The van der Waals surface area contributed by atoms with E-state index in [1.807, 2.05) is 13.8 Å². The minimum atomic E-state index is 0.457. The Morgan fingerprint density at radius 3 is 2.29 bits per heavy atom. The van der Waals surface area contributed by atoms with Crippen molar-refractivity contribution >= 4 is 11.6 Å². The molecule has 1 heteroatoms. The van der Waals surface area contributed by atoms with E-state index in [2.05, 4.69) is 11.8 Å². The minimum absolute atomic E-state index is 0.457. The Kier molecular flexibility index (Phi) is 3.93. The fourth-order valence-corrected chi connectivity index (χ4v) is 0.320. The first kappa shape index (κ1) is 6.85. The molecule has 0 atom stereocenters. The van der Waals surface area contributed by atoms with Crippen LogP contribution in [0.2, 0.25) is 0 Å². The molecule has 0 heterocycles. The Morgan fingerprint density at radius 1 is 1.57 bits per heavy atom. The van der Waals surface area contributed by atoms with Gasteiger partial charge in [0, 0.05) is 5.92 Å². The predicted octanol–water partition coefficient (Wildman–Crippen LogP) is 1.88. The maximum atomic E-state index is 5.27. The highest BCUT2D eigenvalue weighted by Crippen LogP contribution is 1.85. The van der Waals surface area contributed by atoms with Crippen molar-refractivity contribution in [3.8, 4) is 11.8 Å². The van der Waals surface area contributed by atoms with Gasteiger partial charge in [-0.1, -0.05) is 25.7 Å². The highest BCUT2D eigenvalue weighted by Gasteiger charge is 1.77. The van der Waals surface area contributed by atoms with E-state index in [1.54, 1.807) is 0 Å². The SMILES string of the molecule is CC(C)C#CCCl. The van der Waals surface area contributed by atoms with Gasteiger partial charge in [0.25, 0.3) is 0 Å². The first-order valence-electron chi connectivity index (χ1n) is 2.31. The maximum absolute atomic E-state index is 5.27. The molecule has 0 aliphatic carbocycles. The zero-order valence-corrected chi connectivity index (χ0v) is 5.42. The van der Waals surface area contributed by atoms with Crippen LogP contribution in [0.3, 0.4) is 0 Å². The van der Waals surface area contributed by atoms with Crippen LogP contribution in [0.25, 0.3) is 0 Å². The number of halogens is 1. The van der Waals surface area contributed by atoms with Crippen LogP contribution in [-0.4, -0.2) is 5.88 Å². The summed E-state index contributed by atoms with van der Waals surface area (Å²) >= 11 is 5.27. The van der Waals surface area contributed by atoms with Gasteiger partial charge in [0.05, 0.1) is 5.88 Å². The van der Waals surface area contributed by atoms with Gasteiger partial charge in [-0.15, -0.1) is 11.6 Å². The summed E-state index contributed by atoms with van der Waals surface area (Å²) in [6.07, 6.45) is 0. The molecule has 0 aliphatic heterocycles. The van der Waals surface area contributed by atoms with Crippen LogP contribution in [0, 0.1) is 17.8 Å². The van der Waals surface area contributed by atoms with E-state index < -0.39 is 0 Å². The smallest absolute Gasteiger partial charge is 0.0835 e. The second-order valence-electron chi connectivity index (χ2n) is 1.61. The van der Waals surface area contributed by atoms with Gasteiger partial charge in [-0.3, -0.25) is 0 Å². The summed E-state index contributed by atoms with van der Waals surface area (Å²) in [5.74, 6) is 6.59. The summed E-state index contributed by atoms with van der Waals surface area (Å²) < 4.78 is 0. The molecule has 0 amide bonds. The molecule has 0 aliphatic rings. The summed E-state index contributed by atoms with van der Waals surface area (Å²) in [5.41, 5.74) is 0. The lowest BCUT2D eigenvalue weighted by atomic mass is 10.2. The standard InChI is InChI=1S/C6H9Cl/c1-6(2)4-3-5-7/h6H,5H2,1-2H3. The molecule has 0 radical (unpaired) electrons. The average molecular weight is 117 g/mol. The zero-order valence-electron chi connectivity index (χ0n) is 4.66. The lowest BCUT2D eigenvalue weighted by molar-refractivity contribution is 0.866. The summed E-state index contributed by atoms with van der Waals surface area (Å²) in [6, 6.07) is 0. The van der Waals surface area contributed by atoms with Gasteiger partial charge in [0.1, 0.15) is 0 Å². The molecule has 0 N–H and O–H groups in total. The van der Waals surface area contributed by atoms with Crippen molar-refractivity contribution in [3.05, 3.63) is 0 Å². The molecular formula is C6H9Cl. The zero-order chi connectivity index (χ0) is 5.70. The molecular weight excluding hydrogens is 108 g/mol. The van der Waals surface area contributed by atoms with Gasteiger partial charge in [-0.05, 0) is 0 Å². The highest BCUT2D eigenvalue weighted by atomic mass is 35.5. The van der Waals surface area contributed by atoms with E-state index in [0.717, 1.165) is 0 Å². The van der Waals surface area contributed by atoms with Gasteiger partial charge in [-0.25, -0.2) is 0 Å². The van der Waals surface area contributed by atoms with Gasteiger partial charge in [0.15, 0.2) is 0 Å². The molecule has 0 unspecified atom stereocenters. The molecule has 0 aromatic heterocycles. The molecule has 0 saturated heterocycles. The van der Waals surface area contributed by atoms with Crippen molar-refractivity contribution in [1.29, 1.82) is 0 Å². The third-order valence-electron chi connectivity index (χ3n) is 0.458. The Labute approximate surface area is 49.9 Å². The summed E-state index contributed by atoms with van der Waals surface area (Å²) in [5, 5.41) is 0. The molecule has 0 bridgehead atoms. The fourth-order valence-electron chi connectivity index (χ4n) is 0.243. The average Bonchev–Trinajstić information content (AvgIpc) is 1.61. The van der Waals surface area contributed by atoms with Crippen LogP contribution in [0.15, 0.2) is 0 Å². The van der Waals surface area contributed by atoms with E-state index >= 15 is 0 Å². The first-order chi connectivity index (χ1) is 3.27. The van der Waals surface area contributed by atoms with Gasteiger partial charge in [0.2, 0.25) is 0 Å². The van der Waals surface area contributed by atoms with Crippen LogP contribution in [0.4, 0.5) is 0 Å². The van der Waals surface area contributed by atoms with Crippen LogP contribution >= 0.6 is 11.6 Å². The third-order valence-corrected chi connectivity index (χ3v) is 0.591. The summed E-state index contributed by atoms with van der Waals surface area (Å²) in [4.78, 5) is 0. The minimum Gasteiger partial charge on any atom is -0.113 e. The molecule has 7 heavy (non-hydrogen) atoms. The van der Waals surface area contributed by atoms with Crippen molar-refractivity contribution in [3.63, 3.8) is 0 Å². The molecule has 0 aromatic rings. The molecule has 0 fully saturated rings. The molecule has 40 valence electrons. The molecule has 0 aromatic carbocycles. The van der Waals surface area contributed by atoms with E-state index in [4.69, 9.17) is 11.6 Å². The molecule has 0 rings (SSSR count). The maximum Gasteiger partial charge on any atom is 0.0835 e. The molecule has 0 nitrogen and oxygen atoms in total. The van der Waals surface area contributed by atoms with Crippen LogP contribution in [0.1, 0.15) is 13.8 Å².